The maximum absolute atomic E-state index is 9.95. The number of anilines is 2. The number of morpholine rings is 1. The Balaban J connectivity index is 1.43. The molecule has 1 fully saturated rings. The van der Waals surface area contributed by atoms with Gasteiger partial charge in [0.2, 0.25) is 0 Å². The number of aromatic nitrogens is 4. The molecule has 0 spiro atoms. The lowest BCUT2D eigenvalue weighted by Gasteiger charge is -2.26. The van der Waals surface area contributed by atoms with Crippen LogP contribution in [-0.2, 0) is 11.3 Å². The normalized spacial score (nSPS) is 15.3. The highest BCUT2D eigenvalue weighted by Crippen LogP contribution is 2.33. The third kappa shape index (κ3) is 6.04. The minimum atomic E-state index is -0.265. The lowest BCUT2D eigenvalue weighted by molar-refractivity contribution is 0.0410. The number of thioether (sulfide) groups is 1. The van der Waals surface area contributed by atoms with Crippen molar-refractivity contribution in [3.63, 3.8) is 0 Å². The van der Waals surface area contributed by atoms with Crippen molar-refractivity contribution in [3.8, 4) is 5.75 Å². The Morgan fingerprint density at radius 2 is 1.92 bits per heavy atom. The molecule has 0 amide bonds. The van der Waals surface area contributed by atoms with Crippen molar-refractivity contribution >= 4 is 57.5 Å². The van der Waals surface area contributed by atoms with Gasteiger partial charge in [-0.3, -0.25) is 4.90 Å². The number of benzene rings is 2. The van der Waals surface area contributed by atoms with E-state index in [-0.39, 0.29) is 11.1 Å². The van der Waals surface area contributed by atoms with E-state index in [1.807, 2.05) is 35.0 Å². The first-order valence-corrected chi connectivity index (χ1v) is 13.5. The number of aromatic hydroxyl groups is 1. The molecular weight excluding hydrogens is 519 g/mol. The Morgan fingerprint density at radius 1 is 1.11 bits per heavy atom. The Labute approximate surface area is 223 Å². The van der Waals surface area contributed by atoms with Gasteiger partial charge in [0.05, 0.1) is 47.4 Å². The summed E-state index contributed by atoms with van der Waals surface area (Å²) in [6, 6.07) is 14.7. The third-order valence-corrected chi connectivity index (χ3v) is 7.46. The van der Waals surface area contributed by atoms with Crippen molar-refractivity contribution < 1.29 is 9.84 Å². The number of phenolic OH excluding ortho intramolecular Hbond substituents is 1. The molecule has 1 saturated heterocycles. The van der Waals surface area contributed by atoms with E-state index in [2.05, 4.69) is 15.3 Å². The molecule has 11 heteroatoms. The van der Waals surface area contributed by atoms with E-state index in [0.29, 0.717) is 33.9 Å². The Kier molecular flexibility index (Phi) is 8.13. The molecule has 1 unspecified atom stereocenters. The Bertz CT molecular complexity index is 1320. The van der Waals surface area contributed by atoms with Crippen LogP contribution in [0, 0.1) is 0 Å². The van der Waals surface area contributed by atoms with E-state index in [1.54, 1.807) is 30.1 Å². The monoisotopic (exact) mass is 544 g/mol. The number of nitrogens with zero attached hydrogens (tertiary/aromatic N) is 5. The minimum Gasteiger partial charge on any atom is -0.508 e. The van der Waals surface area contributed by atoms with Gasteiger partial charge in [-0.1, -0.05) is 53.7 Å². The van der Waals surface area contributed by atoms with Gasteiger partial charge in [0.1, 0.15) is 11.6 Å². The van der Waals surface area contributed by atoms with Crippen molar-refractivity contribution in [1.82, 2.24) is 24.6 Å². The fourth-order valence-corrected chi connectivity index (χ4v) is 5.26. The van der Waals surface area contributed by atoms with Crippen LogP contribution in [0.4, 0.5) is 11.5 Å². The van der Waals surface area contributed by atoms with Crippen LogP contribution in [0.15, 0.2) is 59.9 Å². The van der Waals surface area contributed by atoms with Gasteiger partial charge >= 0.3 is 0 Å². The SMILES string of the molecule is Oc1ccc(Cl)c(Nc2nc(SCCN3CCOCC3)nc3c2cnn3CC(Cl)c2ccccc2)c1. The molecule has 1 aliphatic rings. The van der Waals surface area contributed by atoms with Gasteiger partial charge in [0.25, 0.3) is 0 Å². The molecule has 0 aliphatic carbocycles. The summed E-state index contributed by atoms with van der Waals surface area (Å²) in [5.41, 5.74) is 2.24. The largest absolute Gasteiger partial charge is 0.508 e. The fourth-order valence-electron chi connectivity index (χ4n) is 3.98. The summed E-state index contributed by atoms with van der Waals surface area (Å²) in [5.74, 6) is 1.52. The summed E-state index contributed by atoms with van der Waals surface area (Å²) in [5, 5.41) is 19.4. The number of ether oxygens (including phenoxy) is 1. The number of alkyl halides is 1. The van der Waals surface area contributed by atoms with E-state index >= 15 is 0 Å². The summed E-state index contributed by atoms with van der Waals surface area (Å²) in [6.45, 7) is 4.79. The Hall–Kier alpha value is -2.56. The molecule has 0 bridgehead atoms. The number of halogens is 2. The molecule has 5 rings (SSSR count). The summed E-state index contributed by atoms with van der Waals surface area (Å²) in [4.78, 5) is 12.0. The van der Waals surface area contributed by atoms with Gasteiger partial charge in [-0.25, -0.2) is 14.6 Å². The highest BCUT2D eigenvalue weighted by molar-refractivity contribution is 7.99. The summed E-state index contributed by atoms with van der Waals surface area (Å²) in [7, 11) is 0. The molecule has 0 radical (unpaired) electrons. The number of hydrogen-bond donors (Lipinski definition) is 2. The molecule has 2 aromatic carbocycles. The molecule has 2 aromatic heterocycles. The zero-order chi connectivity index (χ0) is 24.9. The third-order valence-electron chi connectivity index (χ3n) is 5.92. The van der Waals surface area contributed by atoms with Gasteiger partial charge in [-0.2, -0.15) is 5.10 Å². The van der Waals surface area contributed by atoms with Crippen molar-refractivity contribution in [3.05, 3.63) is 65.3 Å². The summed E-state index contributed by atoms with van der Waals surface area (Å²) >= 11 is 14.7. The molecule has 1 atom stereocenters. The first-order valence-electron chi connectivity index (χ1n) is 11.7. The topological polar surface area (TPSA) is 88.3 Å². The van der Waals surface area contributed by atoms with Crippen LogP contribution >= 0.6 is 35.0 Å². The van der Waals surface area contributed by atoms with E-state index in [0.717, 1.165) is 49.6 Å². The second-order valence-electron chi connectivity index (χ2n) is 8.39. The molecule has 188 valence electrons. The predicted molar refractivity (Wildman–Crippen MR) is 145 cm³/mol. The van der Waals surface area contributed by atoms with Crippen LogP contribution < -0.4 is 5.32 Å². The minimum absolute atomic E-state index is 0.107. The Morgan fingerprint density at radius 3 is 2.72 bits per heavy atom. The zero-order valence-electron chi connectivity index (χ0n) is 19.5. The van der Waals surface area contributed by atoms with E-state index < -0.39 is 0 Å². The molecule has 3 heterocycles. The first-order chi connectivity index (χ1) is 17.6. The van der Waals surface area contributed by atoms with Crippen LogP contribution in [0.5, 0.6) is 5.75 Å². The summed E-state index contributed by atoms with van der Waals surface area (Å²) in [6.07, 6.45) is 1.73. The summed E-state index contributed by atoms with van der Waals surface area (Å²) < 4.78 is 7.25. The van der Waals surface area contributed by atoms with E-state index in [4.69, 9.17) is 37.9 Å². The number of phenols is 1. The number of rotatable bonds is 9. The molecule has 2 N–H and O–H groups in total. The van der Waals surface area contributed by atoms with Crippen LogP contribution in [-0.4, -0.2) is 68.4 Å². The molecule has 8 nitrogen and oxygen atoms in total. The number of hydrogen-bond acceptors (Lipinski definition) is 8. The second-order valence-corrected chi connectivity index (χ2v) is 10.4. The van der Waals surface area contributed by atoms with Gasteiger partial charge < -0.3 is 15.2 Å². The van der Waals surface area contributed by atoms with Crippen LogP contribution in [0.25, 0.3) is 11.0 Å². The maximum atomic E-state index is 9.95. The van der Waals surface area contributed by atoms with E-state index in [1.165, 1.54) is 6.07 Å². The molecule has 4 aromatic rings. The maximum Gasteiger partial charge on any atom is 0.191 e. The van der Waals surface area contributed by atoms with Crippen molar-refractivity contribution in [2.45, 2.75) is 17.1 Å². The average molecular weight is 545 g/mol. The molecule has 36 heavy (non-hydrogen) atoms. The first kappa shape index (κ1) is 25.1. The van der Waals surface area contributed by atoms with Gasteiger partial charge in [-0.15, -0.1) is 11.6 Å². The molecule has 0 saturated carbocycles. The van der Waals surface area contributed by atoms with Crippen LogP contribution in [0.3, 0.4) is 0 Å². The highest BCUT2D eigenvalue weighted by atomic mass is 35.5. The molecule has 1 aliphatic heterocycles. The number of nitrogens with one attached hydrogen (secondary N) is 1. The van der Waals surface area contributed by atoms with E-state index in [9.17, 15) is 5.11 Å². The fraction of sp³-hybridized carbons (Fsp3) is 0.320. The standard InChI is InChI=1S/C25H26Cl2N6O2S/c26-20-7-6-18(34)14-22(20)29-23-19-15-28-33(16-21(27)17-4-2-1-3-5-17)24(19)31-25(30-23)36-13-10-32-8-11-35-12-9-32/h1-7,14-15,21,34H,8-13,16H2,(H,29,30,31). The van der Waals surface area contributed by atoms with Gasteiger partial charge in [0, 0.05) is 31.5 Å². The quantitative estimate of drug-likeness (QED) is 0.166. The van der Waals surface area contributed by atoms with Crippen LogP contribution in [0.1, 0.15) is 10.9 Å². The van der Waals surface area contributed by atoms with Gasteiger partial charge in [-0.05, 0) is 17.7 Å². The lowest BCUT2D eigenvalue weighted by atomic mass is 10.1. The zero-order valence-corrected chi connectivity index (χ0v) is 21.8. The smallest absolute Gasteiger partial charge is 0.191 e. The van der Waals surface area contributed by atoms with Crippen molar-refractivity contribution in [1.29, 1.82) is 0 Å². The predicted octanol–water partition coefficient (Wildman–Crippen LogP) is 5.33. The number of fused-ring (bicyclic) bond motifs is 1. The van der Waals surface area contributed by atoms with Gasteiger partial charge in [0.15, 0.2) is 10.8 Å². The van der Waals surface area contributed by atoms with Crippen molar-refractivity contribution in [2.75, 3.05) is 43.9 Å². The second kappa shape index (κ2) is 11.7. The van der Waals surface area contributed by atoms with Crippen molar-refractivity contribution in [2.24, 2.45) is 0 Å². The molecular formula is C25H26Cl2N6O2S. The van der Waals surface area contributed by atoms with Crippen LogP contribution in [0.2, 0.25) is 5.02 Å². The highest BCUT2D eigenvalue weighted by Gasteiger charge is 2.18. The lowest BCUT2D eigenvalue weighted by Crippen LogP contribution is -2.37. The average Bonchev–Trinajstić information content (AvgIpc) is 3.30.